The summed E-state index contributed by atoms with van der Waals surface area (Å²) < 4.78 is 0. The molecular formula is C11H19N3. The Hall–Kier alpha value is -1.12. The van der Waals surface area contributed by atoms with Crippen LogP contribution in [0.5, 0.6) is 0 Å². The van der Waals surface area contributed by atoms with Crippen LogP contribution in [0.2, 0.25) is 0 Å². The van der Waals surface area contributed by atoms with E-state index in [2.05, 4.69) is 23.8 Å². The molecule has 0 amide bonds. The van der Waals surface area contributed by atoms with Gasteiger partial charge in [0.05, 0.1) is 0 Å². The zero-order valence-corrected chi connectivity index (χ0v) is 9.46. The number of anilines is 1. The maximum atomic E-state index is 5.56. The molecule has 78 valence electrons. The second kappa shape index (κ2) is 4.40. The van der Waals surface area contributed by atoms with E-state index in [4.69, 9.17) is 5.73 Å². The second-order valence-electron chi connectivity index (χ2n) is 4.16. The van der Waals surface area contributed by atoms with Crippen LogP contribution in [0.25, 0.3) is 0 Å². The molecule has 1 rings (SSSR count). The summed E-state index contributed by atoms with van der Waals surface area (Å²) >= 11 is 0. The quantitative estimate of drug-likeness (QED) is 0.801. The number of hydrogen-bond donors (Lipinski definition) is 1. The van der Waals surface area contributed by atoms with Gasteiger partial charge in [-0.3, -0.25) is 0 Å². The summed E-state index contributed by atoms with van der Waals surface area (Å²) in [6.07, 6.45) is 2.23. The first-order valence-corrected chi connectivity index (χ1v) is 5.10. The first kappa shape index (κ1) is 11.0. The molecule has 0 spiro atoms. The molecule has 0 bridgehead atoms. The summed E-state index contributed by atoms with van der Waals surface area (Å²) in [6, 6.07) is 0. The molecule has 14 heavy (non-hydrogen) atoms. The van der Waals surface area contributed by atoms with E-state index in [1.54, 1.807) is 0 Å². The van der Waals surface area contributed by atoms with Crippen molar-refractivity contribution in [1.29, 1.82) is 0 Å². The first-order valence-electron chi connectivity index (χ1n) is 5.10. The normalized spacial score (nSPS) is 10.9. The molecule has 0 fully saturated rings. The molecule has 1 heterocycles. The zero-order chi connectivity index (χ0) is 10.7. The van der Waals surface area contributed by atoms with Crippen LogP contribution >= 0.6 is 0 Å². The monoisotopic (exact) mass is 193 g/mol. The molecule has 1 aromatic rings. The van der Waals surface area contributed by atoms with E-state index in [0.717, 1.165) is 17.8 Å². The number of nitrogens with zero attached hydrogens (tertiary/aromatic N) is 2. The van der Waals surface area contributed by atoms with Gasteiger partial charge in [0.1, 0.15) is 0 Å². The molecule has 1 aromatic heterocycles. The Morgan fingerprint density at radius 2 is 1.64 bits per heavy atom. The fourth-order valence-electron chi connectivity index (χ4n) is 1.56. The third kappa shape index (κ3) is 2.69. The number of hydrogen-bond acceptors (Lipinski definition) is 3. The fraction of sp³-hybridized carbons (Fsp3) is 0.636. The molecule has 0 aliphatic carbocycles. The van der Waals surface area contributed by atoms with E-state index in [-0.39, 0.29) is 0 Å². The van der Waals surface area contributed by atoms with E-state index < -0.39 is 0 Å². The minimum Gasteiger partial charge on any atom is -0.368 e. The molecule has 0 aliphatic heterocycles. The molecule has 0 aliphatic rings. The van der Waals surface area contributed by atoms with Crippen LogP contribution in [0.4, 0.5) is 5.95 Å². The van der Waals surface area contributed by atoms with Crippen molar-refractivity contribution in [3.63, 3.8) is 0 Å². The van der Waals surface area contributed by atoms with E-state index in [9.17, 15) is 0 Å². The Labute approximate surface area is 85.8 Å². The average Bonchev–Trinajstić information content (AvgIpc) is 2.01. The maximum Gasteiger partial charge on any atom is 0.220 e. The van der Waals surface area contributed by atoms with E-state index in [0.29, 0.717) is 11.9 Å². The Balaban J connectivity index is 2.86. The molecule has 0 atom stereocenters. The molecule has 3 nitrogen and oxygen atoms in total. The summed E-state index contributed by atoms with van der Waals surface area (Å²) in [4.78, 5) is 8.36. The van der Waals surface area contributed by atoms with Crippen LogP contribution in [0.1, 0.15) is 37.2 Å². The first-order chi connectivity index (χ1) is 6.50. The number of aryl methyl sites for hydroxylation is 2. The summed E-state index contributed by atoms with van der Waals surface area (Å²) in [7, 11) is 0. The lowest BCUT2D eigenvalue weighted by atomic mass is 10.0. The van der Waals surface area contributed by atoms with Crippen LogP contribution in [-0.2, 0) is 6.42 Å². The van der Waals surface area contributed by atoms with Gasteiger partial charge in [-0.1, -0.05) is 13.8 Å². The van der Waals surface area contributed by atoms with Gasteiger partial charge in [-0.2, -0.15) is 0 Å². The van der Waals surface area contributed by atoms with Crippen LogP contribution in [0.15, 0.2) is 0 Å². The lowest BCUT2D eigenvalue weighted by Crippen LogP contribution is -2.05. The third-order valence-corrected chi connectivity index (χ3v) is 2.41. The second-order valence-corrected chi connectivity index (χ2v) is 4.16. The fourth-order valence-corrected chi connectivity index (χ4v) is 1.56. The van der Waals surface area contributed by atoms with Gasteiger partial charge >= 0.3 is 0 Å². The lowest BCUT2D eigenvalue weighted by Gasteiger charge is -2.10. The van der Waals surface area contributed by atoms with Crippen LogP contribution in [0, 0.1) is 19.8 Å². The lowest BCUT2D eigenvalue weighted by molar-refractivity contribution is 0.582. The summed E-state index contributed by atoms with van der Waals surface area (Å²) in [5.41, 5.74) is 8.87. The van der Waals surface area contributed by atoms with Crippen molar-refractivity contribution in [2.24, 2.45) is 5.92 Å². The molecule has 3 heteroatoms. The molecule has 0 saturated carbocycles. The Bertz CT molecular complexity index is 295. The van der Waals surface area contributed by atoms with Gasteiger partial charge in [0.15, 0.2) is 0 Å². The Morgan fingerprint density at radius 3 is 2.07 bits per heavy atom. The van der Waals surface area contributed by atoms with Crippen LogP contribution < -0.4 is 5.73 Å². The van der Waals surface area contributed by atoms with Gasteiger partial charge in [0.25, 0.3) is 0 Å². The van der Waals surface area contributed by atoms with Gasteiger partial charge in [0.2, 0.25) is 5.95 Å². The SMILES string of the molecule is Cc1nc(N)nc(C)c1CCC(C)C. The predicted molar refractivity (Wildman–Crippen MR) is 59.1 cm³/mol. The number of rotatable bonds is 3. The molecular weight excluding hydrogens is 174 g/mol. The largest absolute Gasteiger partial charge is 0.368 e. The van der Waals surface area contributed by atoms with Crippen molar-refractivity contribution < 1.29 is 0 Å². The van der Waals surface area contributed by atoms with Crippen molar-refractivity contribution in [3.8, 4) is 0 Å². The minimum absolute atomic E-state index is 0.383. The Kier molecular flexibility index (Phi) is 3.44. The van der Waals surface area contributed by atoms with Crippen molar-refractivity contribution in [1.82, 2.24) is 9.97 Å². The number of aromatic nitrogens is 2. The van der Waals surface area contributed by atoms with Gasteiger partial charge in [-0.15, -0.1) is 0 Å². The maximum absolute atomic E-state index is 5.56. The molecule has 0 unspecified atom stereocenters. The molecule has 2 N–H and O–H groups in total. The number of nitrogens with two attached hydrogens (primary N) is 1. The highest BCUT2D eigenvalue weighted by Crippen LogP contribution is 2.15. The molecule has 0 radical (unpaired) electrons. The summed E-state index contributed by atoms with van der Waals surface area (Å²) in [6.45, 7) is 8.45. The predicted octanol–water partition coefficient (Wildman–Crippen LogP) is 2.26. The molecule has 0 saturated heterocycles. The molecule has 0 aromatic carbocycles. The van der Waals surface area contributed by atoms with E-state index in [1.807, 2.05) is 13.8 Å². The van der Waals surface area contributed by atoms with Crippen LogP contribution in [-0.4, -0.2) is 9.97 Å². The van der Waals surface area contributed by atoms with E-state index in [1.165, 1.54) is 12.0 Å². The van der Waals surface area contributed by atoms with Gasteiger partial charge in [-0.05, 0) is 38.2 Å². The standard InChI is InChI=1S/C11H19N3/c1-7(2)5-6-10-8(3)13-11(12)14-9(10)4/h7H,5-6H2,1-4H3,(H2,12,13,14). The highest BCUT2D eigenvalue weighted by molar-refractivity contribution is 5.30. The van der Waals surface area contributed by atoms with Gasteiger partial charge < -0.3 is 5.73 Å². The summed E-state index contributed by atoms with van der Waals surface area (Å²) in [5, 5.41) is 0. The van der Waals surface area contributed by atoms with Crippen molar-refractivity contribution in [2.45, 2.75) is 40.5 Å². The van der Waals surface area contributed by atoms with Crippen molar-refractivity contribution >= 4 is 5.95 Å². The third-order valence-electron chi connectivity index (χ3n) is 2.41. The average molecular weight is 193 g/mol. The van der Waals surface area contributed by atoms with E-state index >= 15 is 0 Å². The summed E-state index contributed by atoms with van der Waals surface area (Å²) in [5.74, 6) is 1.10. The Morgan fingerprint density at radius 1 is 1.14 bits per heavy atom. The highest BCUT2D eigenvalue weighted by atomic mass is 15.0. The van der Waals surface area contributed by atoms with Crippen molar-refractivity contribution in [3.05, 3.63) is 17.0 Å². The van der Waals surface area contributed by atoms with Gasteiger partial charge in [-0.25, -0.2) is 9.97 Å². The highest BCUT2D eigenvalue weighted by Gasteiger charge is 2.07. The smallest absolute Gasteiger partial charge is 0.220 e. The topological polar surface area (TPSA) is 51.8 Å². The number of nitrogen functional groups attached to an aromatic ring is 1. The minimum atomic E-state index is 0.383. The van der Waals surface area contributed by atoms with Crippen molar-refractivity contribution in [2.75, 3.05) is 5.73 Å². The zero-order valence-electron chi connectivity index (χ0n) is 9.46. The van der Waals surface area contributed by atoms with Gasteiger partial charge in [0, 0.05) is 11.4 Å². The van der Waals surface area contributed by atoms with Crippen LogP contribution in [0.3, 0.4) is 0 Å².